The molecule has 9 atom stereocenters. The van der Waals surface area contributed by atoms with Crippen molar-refractivity contribution in [2.75, 3.05) is 0 Å². The van der Waals surface area contributed by atoms with Gasteiger partial charge in [0.25, 0.3) is 20.2 Å². The van der Waals surface area contributed by atoms with Crippen molar-refractivity contribution in [3.05, 3.63) is 0 Å². The summed E-state index contributed by atoms with van der Waals surface area (Å²) in [4.78, 5) is 0. The van der Waals surface area contributed by atoms with Crippen LogP contribution in [-0.4, -0.2) is 59.7 Å². The third-order valence-corrected chi connectivity index (χ3v) is 9.76. The lowest BCUT2D eigenvalue weighted by molar-refractivity contribution is -0.00507. The summed E-state index contributed by atoms with van der Waals surface area (Å²) in [5.41, 5.74) is 0. The maximum Gasteiger partial charge on any atom is 0.269 e. The second-order valence-electron chi connectivity index (χ2n) is 9.28. The van der Waals surface area contributed by atoms with Gasteiger partial charge in [0.05, 0.1) is 23.4 Å². The van der Waals surface area contributed by atoms with Crippen LogP contribution in [0.3, 0.4) is 0 Å². The van der Waals surface area contributed by atoms with Crippen molar-refractivity contribution in [3.8, 4) is 0 Å². The van der Waals surface area contributed by atoms with Gasteiger partial charge >= 0.3 is 0 Å². The zero-order valence-corrected chi connectivity index (χ0v) is 18.5. The van der Waals surface area contributed by atoms with E-state index in [1.165, 1.54) is 0 Å². The average molecular weight is 453 g/mol. The van der Waals surface area contributed by atoms with Crippen molar-refractivity contribution in [1.82, 2.24) is 0 Å². The lowest BCUT2D eigenvalue weighted by Crippen LogP contribution is -2.49. The maximum atomic E-state index is 11.8. The van der Waals surface area contributed by atoms with E-state index in [4.69, 9.17) is 0 Å². The second-order valence-corrected chi connectivity index (χ2v) is 12.5. The minimum atomic E-state index is -4.26. The number of aliphatic hydroxyl groups is 1. The van der Waals surface area contributed by atoms with Crippen molar-refractivity contribution in [2.45, 2.75) is 87.5 Å². The highest BCUT2D eigenvalue weighted by Crippen LogP contribution is 2.44. The van der Waals surface area contributed by atoms with E-state index in [-0.39, 0.29) is 23.7 Å². The van der Waals surface area contributed by atoms with Crippen molar-refractivity contribution in [2.24, 2.45) is 33.9 Å². The molecule has 0 bridgehead atoms. The highest BCUT2D eigenvalue weighted by molar-refractivity contribution is 7.86. The molecule has 0 heterocycles. The minimum absolute atomic E-state index is 0.0681. The van der Waals surface area contributed by atoms with E-state index in [1.807, 2.05) is 13.8 Å². The first-order valence-electron chi connectivity index (χ1n) is 10.4. The lowest BCUT2D eigenvalue weighted by Gasteiger charge is -2.44. The normalized spacial score (nSPS) is 44.5. The predicted octanol–water partition coefficient (Wildman–Crippen LogP) is 2.33. The number of fused-ring (bicyclic) bond motifs is 1. The number of azo groups is 1. The molecule has 0 radical (unpaired) electrons. The molecule has 0 amide bonds. The van der Waals surface area contributed by atoms with Gasteiger partial charge in [0.15, 0.2) is 0 Å². The molecule has 3 saturated carbocycles. The summed E-state index contributed by atoms with van der Waals surface area (Å²) in [5, 5.41) is 17.5. The Morgan fingerprint density at radius 2 is 1.45 bits per heavy atom. The van der Waals surface area contributed by atoms with Crippen molar-refractivity contribution >= 4 is 20.2 Å². The summed E-state index contributed by atoms with van der Waals surface area (Å²) in [7, 11) is -8.42. The predicted molar refractivity (Wildman–Crippen MR) is 107 cm³/mol. The van der Waals surface area contributed by atoms with Crippen LogP contribution in [0.4, 0.5) is 0 Å². The van der Waals surface area contributed by atoms with Crippen LogP contribution in [0.15, 0.2) is 10.2 Å². The summed E-state index contributed by atoms with van der Waals surface area (Å²) in [6.45, 7) is 3.84. The monoisotopic (exact) mass is 452 g/mol. The van der Waals surface area contributed by atoms with Crippen molar-refractivity contribution in [1.29, 1.82) is 0 Å². The molecule has 0 aromatic rings. The Labute approximate surface area is 172 Å². The quantitative estimate of drug-likeness (QED) is 0.437. The molecule has 0 spiro atoms. The minimum Gasteiger partial charge on any atom is -0.391 e. The molecule has 3 N–H and O–H groups in total. The van der Waals surface area contributed by atoms with E-state index in [0.717, 1.165) is 6.42 Å². The average Bonchev–Trinajstić information content (AvgIpc) is 2.60. The third kappa shape index (κ3) is 5.00. The van der Waals surface area contributed by atoms with Gasteiger partial charge < -0.3 is 5.11 Å². The van der Waals surface area contributed by atoms with Gasteiger partial charge in [-0.2, -0.15) is 27.1 Å². The van der Waals surface area contributed by atoms with E-state index in [0.29, 0.717) is 38.5 Å². The molecule has 0 aromatic heterocycles. The summed E-state index contributed by atoms with van der Waals surface area (Å²) in [6.07, 6.45) is 2.81. The van der Waals surface area contributed by atoms with Gasteiger partial charge in [-0.1, -0.05) is 20.3 Å². The zero-order chi connectivity index (χ0) is 21.6. The molecule has 29 heavy (non-hydrogen) atoms. The Hall–Kier alpha value is -0.620. The fraction of sp³-hybridized carbons (Fsp3) is 1.00. The second kappa shape index (κ2) is 8.49. The standard InChI is InChI=1S/C18H32N2O7S2/c1-10-8-11(2)17(16(9-10)29(25,26)27)20-19-14-7-6-12-13(18(14)21)4-3-5-15(12)28(22,23)24/h10-18,21H,3-9H2,1-2H3,(H,22,23,24)(H,25,26,27). The van der Waals surface area contributed by atoms with Crippen LogP contribution in [0.25, 0.3) is 0 Å². The molecule has 0 saturated heterocycles. The number of rotatable bonds is 4. The molecular weight excluding hydrogens is 420 g/mol. The SMILES string of the molecule is CC1CC(C)C(N=NC2CCC3C(CCCC3S(=O)(=O)O)C2O)C(S(=O)(=O)O)C1. The smallest absolute Gasteiger partial charge is 0.269 e. The first-order chi connectivity index (χ1) is 13.4. The van der Waals surface area contributed by atoms with Crippen LogP contribution in [0.5, 0.6) is 0 Å². The van der Waals surface area contributed by atoms with Crippen molar-refractivity contribution in [3.63, 3.8) is 0 Å². The summed E-state index contributed by atoms with van der Waals surface area (Å²) in [6, 6.07) is -1.20. The molecule has 0 aliphatic heterocycles. The Morgan fingerprint density at radius 1 is 0.793 bits per heavy atom. The van der Waals surface area contributed by atoms with E-state index in [9.17, 15) is 31.0 Å². The molecule has 9 unspecified atom stereocenters. The van der Waals surface area contributed by atoms with E-state index in [2.05, 4.69) is 10.2 Å². The number of hydrogen-bond acceptors (Lipinski definition) is 7. The van der Waals surface area contributed by atoms with Gasteiger partial charge in [0, 0.05) is 0 Å². The molecule has 3 rings (SSSR count). The lowest BCUT2D eigenvalue weighted by atomic mass is 9.67. The molecule has 3 aliphatic carbocycles. The Balaban J connectivity index is 1.76. The largest absolute Gasteiger partial charge is 0.391 e. The highest BCUT2D eigenvalue weighted by Gasteiger charge is 2.48. The van der Waals surface area contributed by atoms with Crippen molar-refractivity contribution < 1.29 is 31.0 Å². The van der Waals surface area contributed by atoms with Crippen LogP contribution >= 0.6 is 0 Å². The van der Waals surface area contributed by atoms with Gasteiger partial charge in [-0.05, 0) is 62.2 Å². The topological polar surface area (TPSA) is 154 Å². The van der Waals surface area contributed by atoms with E-state index >= 15 is 0 Å². The fourth-order valence-electron chi connectivity index (χ4n) is 5.82. The number of hydrogen-bond donors (Lipinski definition) is 3. The van der Waals surface area contributed by atoms with E-state index in [1.54, 1.807) is 0 Å². The van der Waals surface area contributed by atoms with Gasteiger partial charge in [0.1, 0.15) is 5.25 Å². The summed E-state index contributed by atoms with van der Waals surface area (Å²) < 4.78 is 66.3. The molecule has 9 nitrogen and oxygen atoms in total. The summed E-state index contributed by atoms with van der Waals surface area (Å²) in [5.74, 6) is -0.500. The first kappa shape index (κ1) is 23.1. The van der Waals surface area contributed by atoms with Crippen LogP contribution in [-0.2, 0) is 20.2 Å². The Bertz CT molecular complexity index is 829. The fourth-order valence-corrected chi connectivity index (χ4v) is 8.31. The first-order valence-corrected chi connectivity index (χ1v) is 13.4. The molecule has 11 heteroatoms. The van der Waals surface area contributed by atoms with Gasteiger partial charge in [-0.25, -0.2) is 0 Å². The molecule has 168 valence electrons. The molecule has 3 fully saturated rings. The highest BCUT2D eigenvalue weighted by atomic mass is 32.2. The molecular formula is C18H32N2O7S2. The number of nitrogens with zero attached hydrogens (tertiary/aromatic N) is 2. The van der Waals surface area contributed by atoms with Gasteiger partial charge in [-0.15, -0.1) is 0 Å². The Kier molecular flexibility index (Phi) is 6.75. The van der Waals surface area contributed by atoms with Crippen LogP contribution < -0.4 is 0 Å². The number of aliphatic hydroxyl groups excluding tert-OH is 1. The van der Waals surface area contributed by atoms with Gasteiger partial charge in [-0.3, -0.25) is 9.11 Å². The summed E-state index contributed by atoms with van der Waals surface area (Å²) >= 11 is 0. The molecule has 0 aromatic carbocycles. The van der Waals surface area contributed by atoms with E-state index < -0.39 is 48.9 Å². The van der Waals surface area contributed by atoms with Gasteiger partial charge in [0.2, 0.25) is 0 Å². The van der Waals surface area contributed by atoms with Crippen LogP contribution in [0, 0.1) is 23.7 Å². The van der Waals surface area contributed by atoms with Crippen LogP contribution in [0.1, 0.15) is 58.8 Å². The van der Waals surface area contributed by atoms with Crippen LogP contribution in [0.2, 0.25) is 0 Å². The Morgan fingerprint density at radius 3 is 2.07 bits per heavy atom. The third-order valence-electron chi connectivity index (χ3n) is 7.17. The molecule has 3 aliphatic rings. The zero-order valence-electron chi connectivity index (χ0n) is 16.8. The maximum absolute atomic E-state index is 11.8.